The van der Waals surface area contributed by atoms with Crippen LogP contribution in [0.4, 0.5) is 0 Å². The number of carboxylic acid groups (broad SMARTS) is 1. The van der Waals surface area contributed by atoms with Crippen LogP contribution >= 0.6 is 0 Å². The van der Waals surface area contributed by atoms with Gasteiger partial charge >= 0.3 is 5.97 Å². The quantitative estimate of drug-likeness (QED) is 0.753. The maximum atomic E-state index is 11.9. The van der Waals surface area contributed by atoms with Crippen molar-refractivity contribution in [3.8, 4) is 5.75 Å². The molecule has 2 atom stereocenters. The average Bonchev–Trinajstić information content (AvgIpc) is 3.25. The van der Waals surface area contributed by atoms with Gasteiger partial charge in [-0.25, -0.2) is 4.98 Å². The molecule has 0 unspecified atom stereocenters. The van der Waals surface area contributed by atoms with Crippen LogP contribution in [0.5, 0.6) is 5.75 Å². The number of pyridine rings is 1. The van der Waals surface area contributed by atoms with Gasteiger partial charge in [-0.2, -0.15) is 0 Å². The number of likely N-dealkylation sites (tertiary alicyclic amines) is 1. The predicted molar refractivity (Wildman–Crippen MR) is 102 cm³/mol. The number of ether oxygens (including phenoxy) is 1. The van der Waals surface area contributed by atoms with Crippen molar-refractivity contribution in [2.75, 3.05) is 20.2 Å². The second-order valence-electron chi connectivity index (χ2n) is 7.19. The molecule has 0 radical (unpaired) electrons. The molecule has 140 valence electrons. The Labute approximate surface area is 158 Å². The van der Waals surface area contributed by atoms with Crippen LogP contribution in [-0.4, -0.2) is 45.6 Å². The molecule has 1 saturated heterocycles. The highest BCUT2D eigenvalue weighted by atomic mass is 16.5. The largest absolute Gasteiger partial charge is 0.496 e. The van der Waals surface area contributed by atoms with E-state index in [1.165, 1.54) is 5.56 Å². The number of para-hydroxylation sites is 1. The smallest absolute Gasteiger partial charge is 0.308 e. The summed E-state index contributed by atoms with van der Waals surface area (Å²) < 4.78 is 7.48. The summed E-state index contributed by atoms with van der Waals surface area (Å²) in [6.07, 6.45) is 4.07. The van der Waals surface area contributed by atoms with E-state index in [1.54, 1.807) is 7.11 Å². The Balaban J connectivity index is 1.58. The lowest BCUT2D eigenvalue weighted by Crippen LogP contribution is -2.23. The van der Waals surface area contributed by atoms with Gasteiger partial charge in [-0.05, 0) is 30.2 Å². The Morgan fingerprint density at radius 3 is 2.81 bits per heavy atom. The number of rotatable bonds is 5. The van der Waals surface area contributed by atoms with Crippen LogP contribution in [0.2, 0.25) is 0 Å². The highest BCUT2D eigenvalue weighted by Crippen LogP contribution is 2.38. The summed E-state index contributed by atoms with van der Waals surface area (Å²) in [6, 6.07) is 11.7. The monoisotopic (exact) mass is 365 g/mol. The van der Waals surface area contributed by atoms with E-state index in [2.05, 4.69) is 16.8 Å². The number of imidazole rings is 1. The molecule has 3 heterocycles. The number of nitrogens with zero attached hydrogens (tertiary/aromatic N) is 3. The van der Waals surface area contributed by atoms with Gasteiger partial charge in [0.1, 0.15) is 11.4 Å². The second-order valence-corrected chi connectivity index (χ2v) is 7.19. The normalized spacial score (nSPS) is 20.2. The summed E-state index contributed by atoms with van der Waals surface area (Å²) in [5.41, 5.74) is 3.99. The number of hydrogen-bond donors (Lipinski definition) is 1. The van der Waals surface area contributed by atoms with E-state index in [9.17, 15) is 9.90 Å². The van der Waals surface area contributed by atoms with Crippen LogP contribution in [0.15, 0.2) is 48.8 Å². The van der Waals surface area contributed by atoms with Crippen LogP contribution in [0.3, 0.4) is 0 Å². The molecule has 6 heteroatoms. The fourth-order valence-corrected chi connectivity index (χ4v) is 4.01. The first-order valence-corrected chi connectivity index (χ1v) is 9.07. The van der Waals surface area contributed by atoms with E-state index < -0.39 is 11.9 Å². The minimum Gasteiger partial charge on any atom is -0.496 e. The van der Waals surface area contributed by atoms with Crippen LogP contribution in [-0.2, 0) is 11.3 Å². The lowest BCUT2D eigenvalue weighted by molar-refractivity contribution is -0.141. The molecular weight excluding hydrogens is 342 g/mol. The Bertz CT molecular complexity index is 982. The molecular formula is C21H23N3O3. The third kappa shape index (κ3) is 3.40. The van der Waals surface area contributed by atoms with Crippen LogP contribution in [0, 0.1) is 12.8 Å². The third-order valence-corrected chi connectivity index (χ3v) is 5.29. The number of aliphatic carboxylic acids is 1. The number of carbonyl (C=O) groups is 1. The molecule has 0 aliphatic carbocycles. The van der Waals surface area contributed by atoms with Crippen molar-refractivity contribution < 1.29 is 14.6 Å². The van der Waals surface area contributed by atoms with E-state index in [0.29, 0.717) is 19.6 Å². The van der Waals surface area contributed by atoms with Gasteiger partial charge in [-0.1, -0.05) is 24.3 Å². The lowest BCUT2D eigenvalue weighted by atomic mass is 9.88. The number of benzene rings is 1. The molecule has 1 fully saturated rings. The van der Waals surface area contributed by atoms with Crippen LogP contribution in [0.25, 0.3) is 5.65 Å². The summed E-state index contributed by atoms with van der Waals surface area (Å²) in [7, 11) is 1.62. The molecule has 1 aliphatic heterocycles. The Kier molecular flexibility index (Phi) is 4.58. The number of fused-ring (bicyclic) bond motifs is 1. The topological polar surface area (TPSA) is 67.1 Å². The number of carboxylic acids is 1. The van der Waals surface area contributed by atoms with Crippen LogP contribution in [0.1, 0.15) is 22.7 Å². The van der Waals surface area contributed by atoms with E-state index >= 15 is 0 Å². The molecule has 4 rings (SSSR count). The van der Waals surface area contributed by atoms with Crippen molar-refractivity contribution in [3.05, 3.63) is 65.6 Å². The van der Waals surface area contributed by atoms with Gasteiger partial charge in [-0.3, -0.25) is 9.69 Å². The molecule has 0 bridgehead atoms. The van der Waals surface area contributed by atoms with Crippen molar-refractivity contribution >= 4 is 11.6 Å². The minimum atomic E-state index is -0.765. The fraction of sp³-hybridized carbons (Fsp3) is 0.333. The molecule has 6 nitrogen and oxygen atoms in total. The van der Waals surface area contributed by atoms with E-state index in [4.69, 9.17) is 4.74 Å². The molecule has 0 spiro atoms. The molecule has 1 aromatic carbocycles. The zero-order chi connectivity index (χ0) is 19.0. The van der Waals surface area contributed by atoms with Crippen LogP contribution < -0.4 is 4.74 Å². The summed E-state index contributed by atoms with van der Waals surface area (Å²) in [5, 5.41) is 9.75. The first kappa shape index (κ1) is 17.5. The maximum Gasteiger partial charge on any atom is 0.308 e. The second kappa shape index (κ2) is 7.04. The Morgan fingerprint density at radius 2 is 2.04 bits per heavy atom. The number of methoxy groups -OCH3 is 1. The van der Waals surface area contributed by atoms with Crippen molar-refractivity contribution in [1.82, 2.24) is 14.3 Å². The summed E-state index contributed by atoms with van der Waals surface area (Å²) in [5.74, 6) is -0.573. The van der Waals surface area contributed by atoms with Gasteiger partial charge in [0.05, 0.1) is 18.7 Å². The van der Waals surface area contributed by atoms with E-state index in [-0.39, 0.29) is 5.92 Å². The molecule has 1 N–H and O–H groups in total. The fourth-order valence-electron chi connectivity index (χ4n) is 4.01. The standard InChI is InChI=1S/C21H23N3O3/c1-14-7-8-20-22-15(11-24(20)9-14)10-23-12-17(18(13-23)21(25)26)16-5-3-4-6-19(16)27-2/h3-9,11,17-18H,10,12-13H2,1-2H3,(H,25,26)/t17-,18+/m1/s1. The minimum absolute atomic E-state index is 0.0991. The Morgan fingerprint density at radius 1 is 1.22 bits per heavy atom. The first-order chi connectivity index (χ1) is 13.0. The van der Waals surface area contributed by atoms with Crippen molar-refractivity contribution in [2.45, 2.75) is 19.4 Å². The predicted octanol–water partition coefficient (Wildman–Crippen LogP) is 2.95. The zero-order valence-electron chi connectivity index (χ0n) is 15.5. The number of aromatic nitrogens is 2. The average molecular weight is 365 g/mol. The number of hydrogen-bond acceptors (Lipinski definition) is 4. The van der Waals surface area contributed by atoms with Crippen molar-refractivity contribution in [1.29, 1.82) is 0 Å². The highest BCUT2D eigenvalue weighted by Gasteiger charge is 2.39. The van der Waals surface area contributed by atoms with E-state index in [0.717, 1.165) is 22.7 Å². The Hall–Kier alpha value is -2.86. The SMILES string of the molecule is COc1ccccc1[C@H]1CN(Cc2cn3cc(C)ccc3n2)C[C@@H]1C(=O)O. The van der Waals surface area contributed by atoms with E-state index in [1.807, 2.05) is 53.2 Å². The molecule has 27 heavy (non-hydrogen) atoms. The highest BCUT2D eigenvalue weighted by molar-refractivity contribution is 5.72. The maximum absolute atomic E-state index is 11.9. The first-order valence-electron chi connectivity index (χ1n) is 9.07. The van der Waals surface area contributed by atoms with Gasteiger partial charge in [0, 0.05) is 37.9 Å². The van der Waals surface area contributed by atoms with Gasteiger partial charge in [0.15, 0.2) is 0 Å². The van der Waals surface area contributed by atoms with Gasteiger partial charge in [0.25, 0.3) is 0 Å². The summed E-state index contributed by atoms with van der Waals surface area (Å²) in [6.45, 7) is 3.86. The van der Waals surface area contributed by atoms with Gasteiger partial charge in [-0.15, -0.1) is 0 Å². The molecule has 0 amide bonds. The van der Waals surface area contributed by atoms with Gasteiger partial charge < -0.3 is 14.2 Å². The summed E-state index contributed by atoms with van der Waals surface area (Å²) >= 11 is 0. The zero-order valence-corrected chi connectivity index (χ0v) is 15.5. The third-order valence-electron chi connectivity index (χ3n) is 5.29. The van der Waals surface area contributed by atoms with Crippen molar-refractivity contribution in [3.63, 3.8) is 0 Å². The van der Waals surface area contributed by atoms with Crippen molar-refractivity contribution in [2.24, 2.45) is 5.92 Å². The van der Waals surface area contributed by atoms with Gasteiger partial charge in [0.2, 0.25) is 0 Å². The lowest BCUT2D eigenvalue weighted by Gasteiger charge is -2.18. The summed E-state index contributed by atoms with van der Waals surface area (Å²) in [4.78, 5) is 18.7. The molecule has 1 aliphatic rings. The molecule has 3 aromatic rings. The number of aryl methyl sites for hydroxylation is 1. The molecule has 0 saturated carbocycles. The molecule has 2 aromatic heterocycles.